The molecule has 1 atom stereocenters. The maximum absolute atomic E-state index is 14.8. The third kappa shape index (κ3) is 3.89. The molecule has 8 nitrogen and oxygen atoms in total. The number of halogens is 4. The first-order valence-electron chi connectivity index (χ1n) is 11.8. The number of rotatable bonds is 5. The minimum atomic E-state index is -3.11. The standard InChI is InChI=1S/C24H24ClF3N6O2/c1-33-17-5-4-14(30-21-16(25)8-29-23(32-21)34-9-12(7-26)10-34)6-15(17)18-19(22(33)35)36-11-24(27,28)20(31-18)13-2-3-13/h4-6,8,12-13,20,31H,2-3,7,9-11H2,1H3,(H,29,30,32). The summed E-state index contributed by atoms with van der Waals surface area (Å²) in [7, 11) is 1.58. The Hall–Kier alpha value is -3.21. The van der Waals surface area contributed by atoms with Crippen LogP contribution < -0.4 is 25.8 Å². The summed E-state index contributed by atoms with van der Waals surface area (Å²) in [6.45, 7) is -0.172. The van der Waals surface area contributed by atoms with Crippen LogP contribution in [0.25, 0.3) is 10.9 Å². The van der Waals surface area contributed by atoms with Crippen LogP contribution in [0.3, 0.4) is 0 Å². The lowest BCUT2D eigenvalue weighted by molar-refractivity contribution is -0.0579. The predicted molar refractivity (Wildman–Crippen MR) is 132 cm³/mol. The van der Waals surface area contributed by atoms with E-state index in [4.69, 9.17) is 16.3 Å². The first-order valence-corrected chi connectivity index (χ1v) is 12.2. The van der Waals surface area contributed by atoms with Crippen LogP contribution in [0.5, 0.6) is 5.75 Å². The van der Waals surface area contributed by atoms with Gasteiger partial charge in [0.25, 0.3) is 5.56 Å². The van der Waals surface area contributed by atoms with Gasteiger partial charge < -0.3 is 24.8 Å². The normalized spacial score (nSPS) is 21.2. The zero-order valence-corrected chi connectivity index (χ0v) is 20.2. The van der Waals surface area contributed by atoms with Crippen molar-refractivity contribution in [2.45, 2.75) is 24.8 Å². The van der Waals surface area contributed by atoms with E-state index in [1.807, 2.05) is 4.90 Å². The Bertz CT molecular complexity index is 1410. The second-order valence-electron chi connectivity index (χ2n) is 9.73. The average molecular weight is 521 g/mol. The number of nitrogens with one attached hydrogen (secondary N) is 2. The molecule has 1 unspecified atom stereocenters. The molecular weight excluding hydrogens is 497 g/mol. The van der Waals surface area contributed by atoms with Crippen molar-refractivity contribution < 1.29 is 17.9 Å². The summed E-state index contributed by atoms with van der Waals surface area (Å²) in [4.78, 5) is 23.6. The molecule has 2 N–H and O–H groups in total. The summed E-state index contributed by atoms with van der Waals surface area (Å²) < 4.78 is 49.3. The van der Waals surface area contributed by atoms with Gasteiger partial charge in [0.1, 0.15) is 5.02 Å². The number of anilines is 4. The highest BCUT2D eigenvalue weighted by molar-refractivity contribution is 6.33. The number of ether oxygens (including phenoxy) is 1. The second-order valence-corrected chi connectivity index (χ2v) is 10.1. The van der Waals surface area contributed by atoms with Crippen LogP contribution in [0.4, 0.5) is 36.3 Å². The van der Waals surface area contributed by atoms with Gasteiger partial charge in [0.05, 0.1) is 30.1 Å². The molecule has 12 heteroatoms. The number of alkyl halides is 3. The van der Waals surface area contributed by atoms with E-state index in [0.717, 1.165) is 0 Å². The molecule has 1 saturated carbocycles. The van der Waals surface area contributed by atoms with Gasteiger partial charge in [-0.25, -0.2) is 13.8 Å². The van der Waals surface area contributed by atoms with Crippen molar-refractivity contribution in [2.75, 3.05) is 41.9 Å². The van der Waals surface area contributed by atoms with E-state index in [0.29, 0.717) is 54.3 Å². The summed E-state index contributed by atoms with van der Waals surface area (Å²) in [6.07, 6.45) is 2.88. The van der Waals surface area contributed by atoms with Crippen molar-refractivity contribution in [3.8, 4) is 5.75 Å². The van der Waals surface area contributed by atoms with Crippen LogP contribution in [-0.4, -0.2) is 52.9 Å². The van der Waals surface area contributed by atoms with Gasteiger partial charge in [0.15, 0.2) is 12.4 Å². The molecule has 3 aliphatic rings. The molecule has 2 aromatic heterocycles. The van der Waals surface area contributed by atoms with Crippen LogP contribution in [0.2, 0.25) is 5.02 Å². The number of hydrogen-bond donors (Lipinski definition) is 2. The lowest BCUT2D eigenvalue weighted by Crippen LogP contribution is -2.48. The number of pyridine rings is 1. The van der Waals surface area contributed by atoms with E-state index in [2.05, 4.69) is 20.6 Å². The summed E-state index contributed by atoms with van der Waals surface area (Å²) in [5.74, 6) is -2.64. The number of hydrogen-bond acceptors (Lipinski definition) is 7. The van der Waals surface area contributed by atoms with E-state index >= 15 is 0 Å². The van der Waals surface area contributed by atoms with E-state index in [1.54, 1.807) is 25.2 Å². The maximum atomic E-state index is 14.8. The molecule has 0 spiro atoms. The first-order chi connectivity index (χ1) is 17.2. The highest BCUT2D eigenvalue weighted by Crippen LogP contribution is 2.45. The molecule has 36 heavy (non-hydrogen) atoms. The lowest BCUT2D eigenvalue weighted by Gasteiger charge is -2.37. The van der Waals surface area contributed by atoms with Crippen molar-refractivity contribution in [3.63, 3.8) is 0 Å². The van der Waals surface area contributed by atoms with Crippen molar-refractivity contribution in [1.82, 2.24) is 14.5 Å². The molecule has 0 radical (unpaired) electrons. The summed E-state index contributed by atoms with van der Waals surface area (Å²) in [6, 6.07) is 4.11. The summed E-state index contributed by atoms with van der Waals surface area (Å²) in [5.41, 5.74) is 0.925. The van der Waals surface area contributed by atoms with Gasteiger partial charge in [0, 0.05) is 37.1 Å². The first kappa shape index (κ1) is 23.2. The molecule has 2 aliphatic heterocycles. The van der Waals surface area contributed by atoms with Gasteiger partial charge in [-0.15, -0.1) is 0 Å². The molecular formula is C24H24ClF3N6O2. The van der Waals surface area contributed by atoms with Gasteiger partial charge in [-0.2, -0.15) is 4.98 Å². The lowest BCUT2D eigenvalue weighted by atomic mass is 10.0. The molecule has 190 valence electrons. The highest BCUT2D eigenvalue weighted by atomic mass is 35.5. The number of fused-ring (bicyclic) bond motifs is 3. The van der Waals surface area contributed by atoms with Gasteiger partial charge in [0.2, 0.25) is 11.7 Å². The van der Waals surface area contributed by atoms with E-state index in [9.17, 15) is 18.0 Å². The Balaban J connectivity index is 1.38. The topological polar surface area (TPSA) is 84.3 Å². The van der Waals surface area contributed by atoms with Crippen LogP contribution in [0.1, 0.15) is 12.8 Å². The minimum Gasteiger partial charge on any atom is -0.480 e. The fourth-order valence-corrected chi connectivity index (χ4v) is 4.99. The van der Waals surface area contributed by atoms with Crippen LogP contribution >= 0.6 is 11.6 Å². The summed E-state index contributed by atoms with van der Waals surface area (Å²) >= 11 is 6.33. The zero-order valence-electron chi connectivity index (χ0n) is 19.4. The number of aryl methyl sites for hydroxylation is 1. The van der Waals surface area contributed by atoms with E-state index in [1.165, 1.54) is 10.8 Å². The molecule has 1 aromatic carbocycles. The molecule has 1 aliphatic carbocycles. The molecule has 0 amide bonds. The monoisotopic (exact) mass is 520 g/mol. The van der Waals surface area contributed by atoms with Crippen LogP contribution in [0.15, 0.2) is 29.2 Å². The fraction of sp³-hybridized carbons (Fsp3) is 0.458. The zero-order chi connectivity index (χ0) is 25.2. The van der Waals surface area contributed by atoms with Gasteiger partial charge in [-0.1, -0.05) is 11.6 Å². The molecule has 4 heterocycles. The maximum Gasteiger partial charge on any atom is 0.301 e. The number of nitrogens with zero attached hydrogens (tertiary/aromatic N) is 4. The van der Waals surface area contributed by atoms with Crippen LogP contribution in [0, 0.1) is 11.8 Å². The molecule has 1 saturated heterocycles. The van der Waals surface area contributed by atoms with Crippen LogP contribution in [-0.2, 0) is 7.05 Å². The Morgan fingerprint density at radius 2 is 2.08 bits per heavy atom. The Morgan fingerprint density at radius 1 is 1.31 bits per heavy atom. The van der Waals surface area contributed by atoms with Crippen molar-refractivity contribution in [3.05, 3.63) is 39.8 Å². The predicted octanol–water partition coefficient (Wildman–Crippen LogP) is 4.35. The smallest absolute Gasteiger partial charge is 0.301 e. The molecule has 2 fully saturated rings. The number of aromatic nitrogens is 3. The number of benzene rings is 1. The Morgan fingerprint density at radius 3 is 2.81 bits per heavy atom. The van der Waals surface area contributed by atoms with E-state index in [-0.39, 0.29) is 35.0 Å². The van der Waals surface area contributed by atoms with Gasteiger partial charge in [-0.05, 0) is 37.0 Å². The fourth-order valence-electron chi connectivity index (χ4n) is 4.85. The van der Waals surface area contributed by atoms with E-state index < -0.39 is 24.1 Å². The Kier molecular flexibility index (Phi) is 5.43. The SMILES string of the molecule is Cn1c(=O)c2c(c3cc(Nc4nc(N5CC(CF)C5)ncc4Cl)ccc31)NC(C1CC1)C(F)(F)CO2. The minimum absolute atomic E-state index is 0.0235. The average Bonchev–Trinajstić information content (AvgIpc) is 3.66. The molecule has 6 rings (SSSR count). The van der Waals surface area contributed by atoms with Crippen molar-refractivity contribution in [1.29, 1.82) is 0 Å². The van der Waals surface area contributed by atoms with Gasteiger partial charge in [-0.3, -0.25) is 9.18 Å². The molecule has 0 bridgehead atoms. The quantitative estimate of drug-likeness (QED) is 0.517. The van der Waals surface area contributed by atoms with Crippen molar-refractivity contribution in [2.24, 2.45) is 18.9 Å². The largest absolute Gasteiger partial charge is 0.480 e. The van der Waals surface area contributed by atoms with Gasteiger partial charge >= 0.3 is 5.92 Å². The Labute approximate surface area is 209 Å². The molecule has 3 aromatic rings. The van der Waals surface area contributed by atoms with Crippen molar-refractivity contribution >= 4 is 45.6 Å². The third-order valence-electron chi connectivity index (χ3n) is 7.06. The second kappa shape index (κ2) is 8.43. The highest BCUT2D eigenvalue weighted by Gasteiger charge is 2.51. The third-order valence-corrected chi connectivity index (χ3v) is 7.34. The summed E-state index contributed by atoms with van der Waals surface area (Å²) in [5, 5.41) is 6.98.